The third-order valence-electron chi connectivity index (χ3n) is 6.68. The summed E-state index contributed by atoms with van der Waals surface area (Å²) in [5.41, 5.74) is 0. The molecule has 3 aliphatic heterocycles. The van der Waals surface area contributed by atoms with Crippen molar-refractivity contribution in [1.82, 2.24) is 15.5 Å². The van der Waals surface area contributed by atoms with Crippen LogP contribution >= 0.6 is 27.7 Å². The average Bonchev–Trinajstić information content (AvgIpc) is 3.30. The Labute approximate surface area is 185 Å². The second-order valence-corrected chi connectivity index (χ2v) is 11.0. The number of amides is 3. The normalized spacial score (nSPS) is 36.2. The molecule has 7 atom stereocenters. The number of alkyl halides is 1. The Kier molecular flexibility index (Phi) is 7.21. The largest absolute Gasteiger partial charge is 0.394 e. The number of carbonyl (C=O) groups excluding carboxylic acids is 3. The van der Waals surface area contributed by atoms with Crippen LogP contribution in [0.15, 0.2) is 0 Å². The fourth-order valence-corrected chi connectivity index (χ4v) is 8.92. The molecule has 0 aromatic rings. The van der Waals surface area contributed by atoms with Crippen molar-refractivity contribution in [3.63, 3.8) is 0 Å². The van der Waals surface area contributed by atoms with Crippen LogP contribution in [0.5, 0.6) is 0 Å². The van der Waals surface area contributed by atoms with Crippen LogP contribution in [0.4, 0.5) is 0 Å². The van der Waals surface area contributed by atoms with Crippen LogP contribution in [0, 0.1) is 11.8 Å². The van der Waals surface area contributed by atoms with Crippen molar-refractivity contribution < 1.29 is 19.5 Å². The number of nitrogens with zero attached hydrogens (tertiary/aromatic N) is 1. The average molecular weight is 490 g/mol. The fraction of sp³-hybridized carbons (Fsp3) is 0.850. The zero-order valence-electron chi connectivity index (χ0n) is 17.3. The molecule has 3 saturated heterocycles. The Morgan fingerprint density at radius 2 is 2.07 bits per heavy atom. The van der Waals surface area contributed by atoms with Gasteiger partial charge in [-0.15, -0.1) is 11.8 Å². The molecule has 7 nitrogen and oxygen atoms in total. The summed E-state index contributed by atoms with van der Waals surface area (Å²) in [5, 5.41) is 15.6. The predicted octanol–water partition coefficient (Wildman–Crippen LogP) is 1.27. The first kappa shape index (κ1) is 22.9. The Balaban J connectivity index is 1.97. The second kappa shape index (κ2) is 9.14. The number of nitrogens with one attached hydrogen (secondary N) is 2. The van der Waals surface area contributed by atoms with Crippen molar-refractivity contribution in [2.45, 2.75) is 72.9 Å². The number of aliphatic hydroxyl groups is 1. The van der Waals surface area contributed by atoms with Gasteiger partial charge in [-0.3, -0.25) is 14.4 Å². The molecular weight excluding hydrogens is 458 g/mol. The third kappa shape index (κ3) is 3.61. The molecule has 2 bridgehead atoms. The van der Waals surface area contributed by atoms with Gasteiger partial charge in [-0.1, -0.05) is 42.6 Å². The number of hydrogen-bond acceptors (Lipinski definition) is 5. The number of aliphatic hydroxyl groups excluding tert-OH is 1. The highest BCUT2D eigenvalue weighted by molar-refractivity contribution is 9.09. The lowest BCUT2D eigenvalue weighted by Gasteiger charge is -2.37. The summed E-state index contributed by atoms with van der Waals surface area (Å²) in [5.74, 6) is -1.46. The van der Waals surface area contributed by atoms with E-state index < -0.39 is 28.7 Å². The zero-order chi connectivity index (χ0) is 21.3. The van der Waals surface area contributed by atoms with E-state index in [0.717, 1.165) is 19.3 Å². The lowest BCUT2D eigenvalue weighted by molar-refractivity contribution is -0.142. The highest BCUT2D eigenvalue weighted by atomic mass is 79.9. The van der Waals surface area contributed by atoms with Crippen molar-refractivity contribution >= 4 is 45.4 Å². The summed E-state index contributed by atoms with van der Waals surface area (Å²) in [6, 6.07) is -1.09. The van der Waals surface area contributed by atoms with Crippen LogP contribution in [0.2, 0.25) is 0 Å². The maximum absolute atomic E-state index is 13.6. The van der Waals surface area contributed by atoms with Gasteiger partial charge in [0.2, 0.25) is 17.7 Å². The van der Waals surface area contributed by atoms with E-state index in [1.807, 2.05) is 6.92 Å². The molecule has 29 heavy (non-hydrogen) atoms. The smallest absolute Gasteiger partial charge is 0.244 e. The number of hydrogen-bond donors (Lipinski definition) is 3. The standard InChI is InChI=1S/C20H32BrN3O4S/c1-4-6-7-8-23-18(27)16-20-9-12(21)15(29-20)13(17(26)22-3)14(20)19(28)24(16)11(5-2)10-25/h11-16,25H,4-10H2,1-3H3,(H,22,26)(H,23,27)/t11-,12?,13+,14-,15+,16?,20?/m0/s1. The highest BCUT2D eigenvalue weighted by Gasteiger charge is 2.75. The summed E-state index contributed by atoms with van der Waals surface area (Å²) < 4.78 is -0.634. The molecule has 9 heteroatoms. The molecule has 3 fully saturated rings. The Morgan fingerprint density at radius 3 is 2.66 bits per heavy atom. The number of thioether (sulfide) groups is 1. The van der Waals surface area contributed by atoms with Gasteiger partial charge in [-0.05, 0) is 19.3 Å². The van der Waals surface area contributed by atoms with Gasteiger partial charge in [-0.25, -0.2) is 0 Å². The second-order valence-electron chi connectivity index (χ2n) is 8.27. The monoisotopic (exact) mass is 489 g/mol. The van der Waals surface area contributed by atoms with Gasteiger partial charge in [0.1, 0.15) is 6.04 Å². The summed E-state index contributed by atoms with van der Waals surface area (Å²) in [6.45, 7) is 4.40. The lowest BCUT2D eigenvalue weighted by atomic mass is 9.70. The fourth-order valence-electron chi connectivity index (χ4n) is 5.32. The van der Waals surface area contributed by atoms with Gasteiger partial charge in [0.05, 0.1) is 29.2 Å². The lowest BCUT2D eigenvalue weighted by Crippen LogP contribution is -2.57. The van der Waals surface area contributed by atoms with Gasteiger partial charge >= 0.3 is 0 Å². The van der Waals surface area contributed by atoms with Crippen LogP contribution < -0.4 is 10.6 Å². The van der Waals surface area contributed by atoms with Gasteiger partial charge in [-0.2, -0.15) is 0 Å². The number of fused-ring (bicyclic) bond motifs is 1. The molecule has 0 aliphatic carbocycles. The van der Waals surface area contributed by atoms with Crippen molar-refractivity contribution in [2.24, 2.45) is 11.8 Å². The first-order chi connectivity index (χ1) is 13.9. The SMILES string of the molecule is CCCCCNC(=O)C1N([C@@H](CC)CO)C(=O)[C@@H]2[C@@H](C(=O)NC)[C@@H]3SC12CC3Br. The van der Waals surface area contributed by atoms with Gasteiger partial charge < -0.3 is 20.6 Å². The first-order valence-electron chi connectivity index (χ1n) is 10.6. The van der Waals surface area contributed by atoms with Gasteiger partial charge in [0.15, 0.2) is 0 Å². The van der Waals surface area contributed by atoms with E-state index in [9.17, 15) is 19.5 Å². The molecule has 3 amide bonds. The van der Waals surface area contributed by atoms with Crippen LogP contribution in [0.25, 0.3) is 0 Å². The summed E-state index contributed by atoms with van der Waals surface area (Å²) in [7, 11) is 1.59. The minimum absolute atomic E-state index is 0.0318. The molecule has 1 spiro atoms. The van der Waals surface area contributed by atoms with Gasteiger partial charge in [0.25, 0.3) is 0 Å². The summed E-state index contributed by atoms with van der Waals surface area (Å²) in [6.07, 6.45) is 4.22. The summed E-state index contributed by atoms with van der Waals surface area (Å²) >= 11 is 5.34. The summed E-state index contributed by atoms with van der Waals surface area (Å²) in [4.78, 5) is 41.3. The van der Waals surface area contributed by atoms with Gasteiger partial charge in [0, 0.05) is 23.7 Å². The highest BCUT2D eigenvalue weighted by Crippen LogP contribution is 2.67. The molecule has 0 aromatic carbocycles. The van der Waals surface area contributed by atoms with E-state index in [-0.39, 0.29) is 34.4 Å². The van der Waals surface area contributed by atoms with Crippen LogP contribution in [0.1, 0.15) is 46.0 Å². The van der Waals surface area contributed by atoms with Crippen LogP contribution in [-0.2, 0) is 14.4 Å². The van der Waals surface area contributed by atoms with E-state index >= 15 is 0 Å². The van der Waals surface area contributed by atoms with E-state index in [1.54, 1.807) is 23.7 Å². The maximum Gasteiger partial charge on any atom is 0.244 e. The van der Waals surface area contributed by atoms with E-state index in [0.29, 0.717) is 19.4 Å². The minimum atomic E-state index is -0.663. The Bertz CT molecular complexity index is 662. The Morgan fingerprint density at radius 1 is 1.34 bits per heavy atom. The molecular formula is C20H32BrN3O4S. The van der Waals surface area contributed by atoms with Crippen molar-refractivity contribution in [1.29, 1.82) is 0 Å². The molecule has 164 valence electrons. The third-order valence-corrected chi connectivity index (χ3v) is 9.90. The van der Waals surface area contributed by atoms with E-state index in [4.69, 9.17) is 0 Å². The molecule has 3 unspecified atom stereocenters. The molecule has 3 aliphatic rings. The number of unbranched alkanes of at least 4 members (excludes halogenated alkanes) is 2. The van der Waals surface area contributed by atoms with Crippen LogP contribution in [-0.4, -0.2) is 74.8 Å². The maximum atomic E-state index is 13.6. The molecule has 3 rings (SSSR count). The van der Waals surface area contributed by atoms with Crippen molar-refractivity contribution in [3.05, 3.63) is 0 Å². The number of halogens is 1. The Hall–Kier alpha value is -0.800. The minimum Gasteiger partial charge on any atom is -0.394 e. The molecule has 3 N–H and O–H groups in total. The number of rotatable bonds is 9. The van der Waals surface area contributed by atoms with Crippen molar-refractivity contribution in [2.75, 3.05) is 20.2 Å². The molecule has 0 radical (unpaired) electrons. The predicted molar refractivity (Wildman–Crippen MR) is 117 cm³/mol. The quantitative estimate of drug-likeness (QED) is 0.334. The van der Waals surface area contributed by atoms with E-state index in [2.05, 4.69) is 33.5 Å². The molecule has 0 saturated carbocycles. The molecule has 0 aromatic heterocycles. The van der Waals surface area contributed by atoms with Crippen LogP contribution in [0.3, 0.4) is 0 Å². The van der Waals surface area contributed by atoms with E-state index in [1.165, 1.54) is 0 Å². The first-order valence-corrected chi connectivity index (χ1v) is 12.4. The van der Waals surface area contributed by atoms with Crippen molar-refractivity contribution in [3.8, 4) is 0 Å². The number of carbonyl (C=O) groups is 3. The molecule has 3 heterocycles. The number of likely N-dealkylation sites (tertiary alicyclic amines) is 1. The topological polar surface area (TPSA) is 98.7 Å². The zero-order valence-corrected chi connectivity index (χ0v) is 19.7.